The van der Waals surface area contributed by atoms with Crippen LogP contribution in [-0.2, 0) is 9.59 Å². The molecule has 0 aromatic heterocycles. The zero-order chi connectivity index (χ0) is 11.4. The van der Waals surface area contributed by atoms with E-state index in [9.17, 15) is 22.8 Å². The summed E-state index contributed by atoms with van der Waals surface area (Å²) in [5.41, 5.74) is 9.91. The fourth-order valence-electron chi connectivity index (χ4n) is 0.655. The summed E-state index contributed by atoms with van der Waals surface area (Å²) in [6.07, 6.45) is -5.22. The van der Waals surface area contributed by atoms with Crippen molar-refractivity contribution in [2.24, 2.45) is 11.5 Å². The van der Waals surface area contributed by atoms with Crippen LogP contribution in [0.1, 0.15) is 6.42 Å². The molecule has 0 saturated heterocycles. The van der Waals surface area contributed by atoms with E-state index in [0.717, 1.165) is 0 Å². The molecular weight excluding hydrogens is 203 g/mol. The van der Waals surface area contributed by atoms with Gasteiger partial charge in [-0.15, -0.1) is 0 Å². The molecule has 0 rings (SSSR count). The highest BCUT2D eigenvalue weighted by Crippen LogP contribution is 2.13. The number of carbonyl (C=O) groups excluding carboxylic acids is 2. The highest BCUT2D eigenvalue weighted by Gasteiger charge is 2.38. The Bertz CT molecular complexity index is 229. The molecule has 82 valence electrons. The van der Waals surface area contributed by atoms with Gasteiger partial charge >= 0.3 is 12.1 Å². The Morgan fingerprint density at radius 2 is 1.86 bits per heavy atom. The van der Waals surface area contributed by atoms with Crippen molar-refractivity contribution in [2.75, 3.05) is 6.54 Å². The van der Waals surface area contributed by atoms with Gasteiger partial charge in [0.2, 0.25) is 5.91 Å². The third kappa shape index (κ3) is 5.36. The van der Waals surface area contributed by atoms with E-state index in [4.69, 9.17) is 11.5 Å². The Morgan fingerprint density at radius 1 is 1.36 bits per heavy atom. The number of amides is 2. The van der Waals surface area contributed by atoms with Crippen molar-refractivity contribution in [3.05, 3.63) is 0 Å². The minimum atomic E-state index is -4.94. The number of nitrogens with two attached hydrogens (primary N) is 2. The molecule has 0 saturated carbocycles. The summed E-state index contributed by atoms with van der Waals surface area (Å²) >= 11 is 0. The molecule has 5 nitrogen and oxygen atoms in total. The van der Waals surface area contributed by atoms with E-state index >= 15 is 0 Å². The number of alkyl halides is 3. The van der Waals surface area contributed by atoms with E-state index in [1.54, 1.807) is 0 Å². The largest absolute Gasteiger partial charge is 0.471 e. The zero-order valence-corrected chi connectivity index (χ0v) is 7.10. The van der Waals surface area contributed by atoms with Crippen molar-refractivity contribution < 1.29 is 22.8 Å². The molecule has 14 heavy (non-hydrogen) atoms. The Kier molecular flexibility index (Phi) is 4.35. The van der Waals surface area contributed by atoms with Gasteiger partial charge < -0.3 is 16.8 Å². The molecule has 5 N–H and O–H groups in total. The van der Waals surface area contributed by atoms with E-state index in [-0.39, 0.29) is 6.42 Å². The number of carbonyl (C=O) groups is 2. The smallest absolute Gasteiger partial charge is 0.370 e. The van der Waals surface area contributed by atoms with Crippen LogP contribution in [0.2, 0.25) is 0 Å². The third-order valence-electron chi connectivity index (χ3n) is 1.25. The van der Waals surface area contributed by atoms with Crippen LogP contribution >= 0.6 is 0 Å². The van der Waals surface area contributed by atoms with Gasteiger partial charge in [-0.3, -0.25) is 9.59 Å². The van der Waals surface area contributed by atoms with Gasteiger partial charge in [-0.1, -0.05) is 0 Å². The molecule has 0 aromatic carbocycles. The lowest BCUT2D eigenvalue weighted by Crippen LogP contribution is -2.44. The summed E-state index contributed by atoms with van der Waals surface area (Å²) in [6.45, 7) is -0.443. The van der Waals surface area contributed by atoms with Crippen molar-refractivity contribution >= 4 is 11.8 Å². The molecule has 0 heterocycles. The molecule has 0 unspecified atom stereocenters. The van der Waals surface area contributed by atoms with Gasteiger partial charge in [0, 0.05) is 19.0 Å². The van der Waals surface area contributed by atoms with Gasteiger partial charge in [0.05, 0.1) is 0 Å². The molecule has 0 aliphatic carbocycles. The van der Waals surface area contributed by atoms with E-state index in [2.05, 4.69) is 0 Å². The predicted octanol–water partition coefficient (Wildman–Crippen LogP) is -1.13. The van der Waals surface area contributed by atoms with E-state index in [1.807, 2.05) is 0 Å². The molecule has 1 atom stereocenters. The van der Waals surface area contributed by atoms with Crippen molar-refractivity contribution in [3.63, 3.8) is 0 Å². The Hall–Kier alpha value is -1.31. The minimum absolute atomic E-state index is 0.280. The molecule has 0 aliphatic heterocycles. The first-order valence-electron chi connectivity index (χ1n) is 3.62. The van der Waals surface area contributed by atoms with Crippen LogP contribution in [0.25, 0.3) is 0 Å². The number of hydrogen-bond donors (Lipinski definition) is 3. The SMILES string of the molecule is NC(=O)C[C@H](N)CNC(=O)C(F)(F)F. The molecule has 8 heteroatoms. The summed E-state index contributed by atoms with van der Waals surface area (Å²) < 4.78 is 34.9. The molecule has 0 spiro atoms. The second-order valence-electron chi connectivity index (χ2n) is 2.64. The predicted molar refractivity (Wildman–Crippen MR) is 40.9 cm³/mol. The summed E-state index contributed by atoms with van der Waals surface area (Å²) in [7, 11) is 0. The number of halogens is 3. The molecule has 2 amide bonds. The maximum atomic E-state index is 11.6. The lowest BCUT2D eigenvalue weighted by Gasteiger charge is -2.11. The van der Waals surface area contributed by atoms with Gasteiger partial charge in [0.25, 0.3) is 0 Å². The van der Waals surface area contributed by atoms with Crippen molar-refractivity contribution in [2.45, 2.75) is 18.6 Å². The van der Waals surface area contributed by atoms with Crippen LogP contribution in [-0.4, -0.2) is 30.6 Å². The number of nitrogens with one attached hydrogen (secondary N) is 1. The maximum Gasteiger partial charge on any atom is 0.471 e. The van der Waals surface area contributed by atoms with Crippen LogP contribution in [0.15, 0.2) is 0 Å². The maximum absolute atomic E-state index is 11.6. The van der Waals surface area contributed by atoms with Crippen LogP contribution in [0.5, 0.6) is 0 Å². The van der Waals surface area contributed by atoms with Gasteiger partial charge in [-0.2, -0.15) is 13.2 Å². The average molecular weight is 213 g/mol. The summed E-state index contributed by atoms with van der Waals surface area (Å²) in [5, 5.41) is 1.53. The van der Waals surface area contributed by atoms with Crippen LogP contribution in [0.4, 0.5) is 13.2 Å². The van der Waals surface area contributed by atoms with Crippen molar-refractivity contribution in [3.8, 4) is 0 Å². The first kappa shape index (κ1) is 12.7. The first-order valence-corrected chi connectivity index (χ1v) is 3.62. The lowest BCUT2D eigenvalue weighted by atomic mass is 10.2. The summed E-state index contributed by atoms with van der Waals surface area (Å²) in [5.74, 6) is -2.82. The minimum Gasteiger partial charge on any atom is -0.370 e. The second kappa shape index (κ2) is 4.80. The van der Waals surface area contributed by atoms with Gasteiger partial charge in [0.1, 0.15) is 0 Å². The Labute approximate surface area is 77.6 Å². The topological polar surface area (TPSA) is 98.2 Å². The quantitative estimate of drug-likeness (QED) is 0.551. The first-order chi connectivity index (χ1) is 6.23. The normalized spacial score (nSPS) is 13.4. The third-order valence-corrected chi connectivity index (χ3v) is 1.25. The highest BCUT2D eigenvalue weighted by atomic mass is 19.4. The van der Waals surface area contributed by atoms with Crippen LogP contribution in [0.3, 0.4) is 0 Å². The fourth-order valence-corrected chi connectivity index (χ4v) is 0.655. The molecule has 0 aromatic rings. The molecule has 0 bridgehead atoms. The molecular formula is C6H10F3N3O2. The van der Waals surface area contributed by atoms with Crippen LogP contribution in [0, 0.1) is 0 Å². The lowest BCUT2D eigenvalue weighted by molar-refractivity contribution is -0.173. The fraction of sp³-hybridized carbons (Fsp3) is 0.667. The second-order valence-corrected chi connectivity index (χ2v) is 2.64. The van der Waals surface area contributed by atoms with Gasteiger partial charge in [-0.05, 0) is 0 Å². The van der Waals surface area contributed by atoms with E-state index in [0.29, 0.717) is 0 Å². The Balaban J connectivity index is 3.84. The molecule has 0 radical (unpaired) electrons. The van der Waals surface area contributed by atoms with E-state index < -0.39 is 30.6 Å². The summed E-state index contributed by atoms with van der Waals surface area (Å²) in [4.78, 5) is 20.5. The van der Waals surface area contributed by atoms with Gasteiger partial charge in [0.15, 0.2) is 0 Å². The molecule has 0 aliphatic rings. The monoisotopic (exact) mass is 213 g/mol. The Morgan fingerprint density at radius 3 is 2.21 bits per heavy atom. The number of hydrogen-bond acceptors (Lipinski definition) is 3. The van der Waals surface area contributed by atoms with Gasteiger partial charge in [-0.25, -0.2) is 0 Å². The summed E-state index contributed by atoms with van der Waals surface area (Å²) in [6, 6.07) is -0.904. The average Bonchev–Trinajstić information content (AvgIpc) is 1.96. The standard InChI is InChI=1S/C6H10F3N3O2/c7-6(8,9)5(14)12-2-3(10)1-4(11)13/h3H,1-2,10H2,(H2,11,13)(H,12,14)/t3-/m0/s1. The van der Waals surface area contributed by atoms with Crippen molar-refractivity contribution in [1.29, 1.82) is 0 Å². The zero-order valence-electron chi connectivity index (χ0n) is 7.10. The van der Waals surface area contributed by atoms with Crippen LogP contribution < -0.4 is 16.8 Å². The number of primary amides is 1. The van der Waals surface area contributed by atoms with Crippen molar-refractivity contribution in [1.82, 2.24) is 5.32 Å². The van der Waals surface area contributed by atoms with E-state index in [1.165, 1.54) is 5.32 Å². The number of rotatable bonds is 4. The highest BCUT2D eigenvalue weighted by molar-refractivity contribution is 5.81. The molecule has 0 fully saturated rings.